The lowest BCUT2D eigenvalue weighted by Crippen LogP contribution is -2.11. The average molecular weight is 292 g/mol. The molecule has 1 aliphatic rings. The second kappa shape index (κ2) is 4.57. The number of halogens is 1. The number of anilines is 1. The smallest absolute Gasteiger partial charge is 0.122 e. The first-order valence-electron chi connectivity index (χ1n) is 5.90. The molecule has 2 aromatic rings. The molecule has 0 bridgehead atoms. The van der Waals surface area contributed by atoms with Gasteiger partial charge in [-0.1, -0.05) is 12.1 Å². The van der Waals surface area contributed by atoms with E-state index in [0.29, 0.717) is 0 Å². The van der Waals surface area contributed by atoms with Crippen LogP contribution in [0.4, 0.5) is 5.69 Å². The van der Waals surface area contributed by atoms with Gasteiger partial charge in [0.25, 0.3) is 0 Å². The number of nitrogens with one attached hydrogen (secondary N) is 1. The SMILES string of the molecule is Brc1ccoc1Cc1ccc2c(c1)CCCN2. The fraction of sp³-hybridized carbons (Fsp3) is 0.286. The van der Waals surface area contributed by atoms with E-state index in [4.69, 9.17) is 4.42 Å². The number of aryl methyl sites for hydroxylation is 1. The van der Waals surface area contributed by atoms with Crippen LogP contribution in [0.3, 0.4) is 0 Å². The molecule has 1 aliphatic heterocycles. The van der Waals surface area contributed by atoms with Gasteiger partial charge in [0.15, 0.2) is 0 Å². The van der Waals surface area contributed by atoms with Crippen molar-refractivity contribution in [1.82, 2.24) is 0 Å². The standard InChI is InChI=1S/C14H14BrNO/c15-12-5-7-17-14(12)9-10-3-4-13-11(8-10)2-1-6-16-13/h3-5,7-8,16H,1-2,6,9H2. The molecule has 2 heterocycles. The molecule has 1 N–H and O–H groups in total. The number of hydrogen-bond donors (Lipinski definition) is 1. The van der Waals surface area contributed by atoms with Crippen molar-refractivity contribution in [2.75, 3.05) is 11.9 Å². The average Bonchev–Trinajstić information content (AvgIpc) is 2.75. The van der Waals surface area contributed by atoms with E-state index in [1.807, 2.05) is 6.07 Å². The van der Waals surface area contributed by atoms with Crippen LogP contribution < -0.4 is 5.32 Å². The molecule has 0 fully saturated rings. The summed E-state index contributed by atoms with van der Waals surface area (Å²) in [5, 5.41) is 3.43. The summed E-state index contributed by atoms with van der Waals surface area (Å²) in [6.45, 7) is 1.09. The summed E-state index contributed by atoms with van der Waals surface area (Å²) in [5.74, 6) is 0.994. The van der Waals surface area contributed by atoms with E-state index in [1.54, 1.807) is 6.26 Å². The molecule has 0 amide bonds. The highest BCUT2D eigenvalue weighted by molar-refractivity contribution is 9.10. The predicted octanol–water partition coefficient (Wildman–Crippen LogP) is 3.99. The van der Waals surface area contributed by atoms with Gasteiger partial charge in [-0.3, -0.25) is 0 Å². The lowest BCUT2D eigenvalue weighted by Gasteiger charge is -2.18. The van der Waals surface area contributed by atoms with Gasteiger partial charge in [0.05, 0.1) is 10.7 Å². The highest BCUT2D eigenvalue weighted by Gasteiger charge is 2.10. The van der Waals surface area contributed by atoms with Crippen LogP contribution in [0, 0.1) is 0 Å². The molecule has 0 atom stereocenters. The van der Waals surface area contributed by atoms with Crippen LogP contribution in [0.5, 0.6) is 0 Å². The first kappa shape index (κ1) is 10.9. The molecule has 1 aromatic carbocycles. The van der Waals surface area contributed by atoms with E-state index in [0.717, 1.165) is 23.2 Å². The van der Waals surface area contributed by atoms with Gasteiger partial charge in [0.2, 0.25) is 0 Å². The molecule has 0 spiro atoms. The van der Waals surface area contributed by atoms with Gasteiger partial charge in [0.1, 0.15) is 5.76 Å². The molecule has 3 rings (SSSR count). The minimum absolute atomic E-state index is 0.848. The van der Waals surface area contributed by atoms with Gasteiger partial charge < -0.3 is 9.73 Å². The van der Waals surface area contributed by atoms with Crippen LogP contribution in [0.15, 0.2) is 39.4 Å². The Kier molecular flexibility index (Phi) is 2.93. The van der Waals surface area contributed by atoms with E-state index in [2.05, 4.69) is 39.4 Å². The third-order valence-corrected chi connectivity index (χ3v) is 3.87. The summed E-state index contributed by atoms with van der Waals surface area (Å²) < 4.78 is 6.50. The third kappa shape index (κ3) is 2.25. The topological polar surface area (TPSA) is 25.2 Å². The Hall–Kier alpha value is -1.22. The maximum absolute atomic E-state index is 5.45. The monoisotopic (exact) mass is 291 g/mol. The van der Waals surface area contributed by atoms with Crippen molar-refractivity contribution in [2.24, 2.45) is 0 Å². The molecule has 0 saturated heterocycles. The molecule has 1 aromatic heterocycles. The molecule has 0 aliphatic carbocycles. The third-order valence-electron chi connectivity index (χ3n) is 3.16. The van der Waals surface area contributed by atoms with Crippen molar-refractivity contribution in [3.05, 3.63) is 51.9 Å². The second-order valence-corrected chi connectivity index (χ2v) is 5.24. The number of hydrogen-bond acceptors (Lipinski definition) is 2. The zero-order chi connectivity index (χ0) is 11.7. The number of benzene rings is 1. The lowest BCUT2D eigenvalue weighted by molar-refractivity contribution is 0.518. The molecule has 0 radical (unpaired) electrons. The van der Waals surface area contributed by atoms with Crippen molar-refractivity contribution in [3.8, 4) is 0 Å². The Balaban J connectivity index is 1.87. The highest BCUT2D eigenvalue weighted by Crippen LogP contribution is 2.26. The fourth-order valence-electron chi connectivity index (χ4n) is 2.27. The van der Waals surface area contributed by atoms with Crippen LogP contribution in [0.1, 0.15) is 23.3 Å². The van der Waals surface area contributed by atoms with E-state index in [9.17, 15) is 0 Å². The maximum atomic E-state index is 5.45. The van der Waals surface area contributed by atoms with Gasteiger partial charge in [-0.15, -0.1) is 0 Å². The molecular weight excluding hydrogens is 278 g/mol. The van der Waals surface area contributed by atoms with E-state index in [-0.39, 0.29) is 0 Å². The molecule has 0 unspecified atom stereocenters. The fourth-order valence-corrected chi connectivity index (χ4v) is 2.62. The van der Waals surface area contributed by atoms with Crippen LogP contribution >= 0.6 is 15.9 Å². The van der Waals surface area contributed by atoms with E-state index < -0.39 is 0 Å². The minimum Gasteiger partial charge on any atom is -0.468 e. The molecule has 0 saturated carbocycles. The first-order valence-corrected chi connectivity index (χ1v) is 6.70. The number of rotatable bonds is 2. The Morgan fingerprint density at radius 3 is 3.06 bits per heavy atom. The molecular formula is C14H14BrNO. The number of fused-ring (bicyclic) bond motifs is 1. The quantitative estimate of drug-likeness (QED) is 0.905. The number of furan rings is 1. The summed E-state index contributed by atoms with van der Waals surface area (Å²) in [6, 6.07) is 8.58. The first-order chi connectivity index (χ1) is 8.33. The molecule has 88 valence electrons. The predicted molar refractivity (Wildman–Crippen MR) is 72.5 cm³/mol. The highest BCUT2D eigenvalue weighted by atomic mass is 79.9. The summed E-state index contributed by atoms with van der Waals surface area (Å²) in [6.07, 6.45) is 4.97. The zero-order valence-electron chi connectivity index (χ0n) is 9.50. The second-order valence-electron chi connectivity index (χ2n) is 4.39. The Morgan fingerprint density at radius 2 is 2.24 bits per heavy atom. The Labute approximate surface area is 109 Å². The molecule has 3 heteroatoms. The Bertz CT molecular complexity index is 533. The van der Waals surface area contributed by atoms with Crippen molar-refractivity contribution in [2.45, 2.75) is 19.3 Å². The largest absolute Gasteiger partial charge is 0.468 e. The van der Waals surface area contributed by atoms with Crippen LogP contribution in [0.25, 0.3) is 0 Å². The van der Waals surface area contributed by atoms with Gasteiger partial charge in [-0.05, 0) is 52.0 Å². The van der Waals surface area contributed by atoms with Gasteiger partial charge in [-0.2, -0.15) is 0 Å². The van der Waals surface area contributed by atoms with Crippen molar-refractivity contribution < 1.29 is 4.42 Å². The molecule has 2 nitrogen and oxygen atoms in total. The van der Waals surface area contributed by atoms with Crippen LogP contribution in [-0.4, -0.2) is 6.54 Å². The van der Waals surface area contributed by atoms with Gasteiger partial charge >= 0.3 is 0 Å². The normalized spacial score (nSPS) is 14.2. The van der Waals surface area contributed by atoms with Crippen molar-refractivity contribution in [3.63, 3.8) is 0 Å². The Morgan fingerprint density at radius 1 is 1.29 bits per heavy atom. The van der Waals surface area contributed by atoms with Crippen molar-refractivity contribution in [1.29, 1.82) is 0 Å². The van der Waals surface area contributed by atoms with E-state index in [1.165, 1.54) is 29.7 Å². The lowest BCUT2D eigenvalue weighted by atomic mass is 9.99. The molecule has 17 heavy (non-hydrogen) atoms. The summed E-state index contributed by atoms with van der Waals surface area (Å²) in [5.41, 5.74) is 4.03. The van der Waals surface area contributed by atoms with Crippen LogP contribution in [0.2, 0.25) is 0 Å². The van der Waals surface area contributed by atoms with Gasteiger partial charge in [0, 0.05) is 18.7 Å². The maximum Gasteiger partial charge on any atom is 0.122 e. The minimum atomic E-state index is 0.848. The van der Waals surface area contributed by atoms with Crippen LogP contribution in [-0.2, 0) is 12.8 Å². The van der Waals surface area contributed by atoms with Crippen molar-refractivity contribution >= 4 is 21.6 Å². The zero-order valence-corrected chi connectivity index (χ0v) is 11.1. The van der Waals surface area contributed by atoms with Gasteiger partial charge in [-0.25, -0.2) is 0 Å². The summed E-state index contributed by atoms with van der Waals surface area (Å²) in [7, 11) is 0. The summed E-state index contributed by atoms with van der Waals surface area (Å²) in [4.78, 5) is 0. The summed E-state index contributed by atoms with van der Waals surface area (Å²) >= 11 is 3.49. The van der Waals surface area contributed by atoms with E-state index >= 15 is 0 Å².